The highest BCUT2D eigenvalue weighted by Crippen LogP contribution is 2.30. The first-order valence-electron chi connectivity index (χ1n) is 9.48. The number of ether oxygens (including phenoxy) is 1. The maximum atomic E-state index is 12.5. The third-order valence-electron chi connectivity index (χ3n) is 4.89. The maximum Gasteiger partial charge on any atom is 0.242 e. The number of rotatable bonds is 7. The zero-order valence-corrected chi connectivity index (χ0v) is 16.8. The number of fused-ring (bicyclic) bond motifs is 1. The number of thioether (sulfide) groups is 1. The Balaban J connectivity index is 1.74. The second-order valence-electron chi connectivity index (χ2n) is 6.49. The molecule has 1 fully saturated rings. The second kappa shape index (κ2) is 9.28. The molecule has 0 radical (unpaired) electrons. The normalized spacial score (nSPS) is 14.5. The van der Waals surface area contributed by atoms with Crippen molar-refractivity contribution in [2.45, 2.75) is 25.3 Å². The van der Waals surface area contributed by atoms with E-state index in [0.717, 1.165) is 15.8 Å². The van der Waals surface area contributed by atoms with Crippen LogP contribution in [-0.4, -0.2) is 71.3 Å². The lowest BCUT2D eigenvalue weighted by Crippen LogP contribution is -2.41. The molecule has 0 spiro atoms. The summed E-state index contributed by atoms with van der Waals surface area (Å²) in [5.41, 5.74) is 1.03. The van der Waals surface area contributed by atoms with Gasteiger partial charge >= 0.3 is 0 Å². The number of hydrogen-bond donors (Lipinski definition) is 0. The minimum atomic E-state index is 0.113. The number of para-hydroxylation sites is 1. The van der Waals surface area contributed by atoms with Gasteiger partial charge in [0.2, 0.25) is 11.8 Å². The third-order valence-corrected chi connectivity index (χ3v) is 5.92. The van der Waals surface area contributed by atoms with E-state index >= 15 is 0 Å². The van der Waals surface area contributed by atoms with E-state index in [1.165, 1.54) is 0 Å². The van der Waals surface area contributed by atoms with E-state index in [4.69, 9.17) is 4.74 Å². The number of carbonyl (C=O) groups is 2. The quantitative estimate of drug-likeness (QED) is 0.683. The van der Waals surface area contributed by atoms with Crippen molar-refractivity contribution in [3.8, 4) is 0 Å². The van der Waals surface area contributed by atoms with Gasteiger partial charge in [0.25, 0.3) is 0 Å². The van der Waals surface area contributed by atoms with E-state index in [1.54, 1.807) is 11.8 Å². The van der Waals surface area contributed by atoms with Crippen molar-refractivity contribution >= 4 is 34.5 Å². The molecule has 0 N–H and O–H groups in total. The molecule has 1 aromatic carbocycles. The Hall–Kier alpha value is -1.99. The molecule has 6 nitrogen and oxygen atoms in total. The van der Waals surface area contributed by atoms with Gasteiger partial charge in [-0.05, 0) is 19.9 Å². The molecule has 2 heterocycles. The molecule has 1 aromatic heterocycles. The average Bonchev–Trinajstić information content (AvgIpc) is 3.05. The second-order valence-corrected chi connectivity index (χ2v) is 7.50. The zero-order chi connectivity index (χ0) is 19.2. The van der Waals surface area contributed by atoms with Crippen LogP contribution in [0.2, 0.25) is 0 Å². The summed E-state index contributed by atoms with van der Waals surface area (Å²) in [5.74, 6) is 0.652. The van der Waals surface area contributed by atoms with Crippen molar-refractivity contribution in [3.63, 3.8) is 0 Å². The number of morpholine rings is 1. The van der Waals surface area contributed by atoms with Crippen molar-refractivity contribution in [3.05, 3.63) is 30.5 Å². The van der Waals surface area contributed by atoms with Crippen LogP contribution >= 0.6 is 11.8 Å². The van der Waals surface area contributed by atoms with Crippen LogP contribution < -0.4 is 0 Å². The van der Waals surface area contributed by atoms with Gasteiger partial charge in [-0.15, -0.1) is 11.8 Å². The Morgan fingerprint density at radius 3 is 2.56 bits per heavy atom. The van der Waals surface area contributed by atoms with E-state index in [2.05, 4.69) is 6.07 Å². The maximum absolute atomic E-state index is 12.5. The molecule has 3 rings (SSSR count). The van der Waals surface area contributed by atoms with Gasteiger partial charge in [-0.3, -0.25) is 9.59 Å². The van der Waals surface area contributed by atoms with Crippen LogP contribution in [0.5, 0.6) is 0 Å². The number of nitrogens with zero attached hydrogens (tertiary/aromatic N) is 3. The smallest absolute Gasteiger partial charge is 0.242 e. The van der Waals surface area contributed by atoms with E-state index in [0.29, 0.717) is 51.7 Å². The molecular formula is C20H27N3O3S. The lowest BCUT2D eigenvalue weighted by Gasteiger charge is -2.26. The number of aromatic nitrogens is 1. The Morgan fingerprint density at radius 2 is 1.85 bits per heavy atom. The van der Waals surface area contributed by atoms with Crippen LogP contribution in [0, 0.1) is 0 Å². The number of hydrogen-bond acceptors (Lipinski definition) is 4. The molecule has 0 unspecified atom stereocenters. The molecule has 1 aliphatic heterocycles. The fourth-order valence-electron chi connectivity index (χ4n) is 3.32. The zero-order valence-electron chi connectivity index (χ0n) is 16.0. The minimum absolute atomic E-state index is 0.113. The van der Waals surface area contributed by atoms with Crippen molar-refractivity contribution in [1.29, 1.82) is 0 Å². The van der Waals surface area contributed by atoms with Crippen LogP contribution in [0.3, 0.4) is 0 Å². The Bertz CT molecular complexity index is 795. The highest BCUT2D eigenvalue weighted by molar-refractivity contribution is 8.00. The molecule has 7 heteroatoms. The van der Waals surface area contributed by atoms with Crippen molar-refractivity contribution in [2.24, 2.45) is 0 Å². The van der Waals surface area contributed by atoms with Crippen LogP contribution in [-0.2, 0) is 20.9 Å². The number of amides is 2. The number of carbonyl (C=O) groups excluding carboxylic acids is 2. The van der Waals surface area contributed by atoms with Gasteiger partial charge in [-0.25, -0.2) is 0 Å². The number of benzene rings is 1. The lowest BCUT2D eigenvalue weighted by atomic mass is 10.2. The standard InChI is InChI=1S/C20H27N3O3S/c1-3-21(4-2)19(24)14-23-13-18(16-7-5-6-8-17(16)23)27-15-20(25)22-9-11-26-12-10-22/h5-8,13H,3-4,9-12,14-15H2,1-2H3. The first-order valence-corrected chi connectivity index (χ1v) is 10.5. The van der Waals surface area contributed by atoms with Gasteiger partial charge in [0.1, 0.15) is 6.54 Å². The van der Waals surface area contributed by atoms with Gasteiger partial charge in [-0.1, -0.05) is 18.2 Å². The minimum Gasteiger partial charge on any atom is -0.378 e. The first-order chi connectivity index (χ1) is 13.1. The van der Waals surface area contributed by atoms with Gasteiger partial charge in [0.15, 0.2) is 0 Å². The molecule has 2 aromatic rings. The molecule has 0 atom stereocenters. The van der Waals surface area contributed by atoms with Crippen molar-refractivity contribution in [1.82, 2.24) is 14.4 Å². The molecule has 0 bridgehead atoms. The molecule has 27 heavy (non-hydrogen) atoms. The molecular weight excluding hydrogens is 362 g/mol. The lowest BCUT2D eigenvalue weighted by molar-refractivity contribution is -0.132. The summed E-state index contributed by atoms with van der Waals surface area (Å²) in [6.45, 7) is 8.29. The first kappa shape index (κ1) is 19.8. The highest BCUT2D eigenvalue weighted by Gasteiger charge is 2.19. The Labute approximate surface area is 164 Å². The molecule has 0 aliphatic carbocycles. The van der Waals surface area contributed by atoms with Crippen LogP contribution in [0.25, 0.3) is 10.9 Å². The fraction of sp³-hybridized carbons (Fsp3) is 0.500. The summed E-state index contributed by atoms with van der Waals surface area (Å²) in [6, 6.07) is 8.05. The van der Waals surface area contributed by atoms with E-state index in [-0.39, 0.29) is 11.8 Å². The molecule has 1 saturated heterocycles. The van der Waals surface area contributed by atoms with E-state index in [9.17, 15) is 9.59 Å². The average molecular weight is 390 g/mol. The van der Waals surface area contributed by atoms with Gasteiger partial charge in [0, 0.05) is 48.2 Å². The predicted molar refractivity (Wildman–Crippen MR) is 108 cm³/mol. The molecule has 0 saturated carbocycles. The predicted octanol–water partition coefficient (Wildman–Crippen LogP) is 2.46. The topological polar surface area (TPSA) is 54.8 Å². The van der Waals surface area contributed by atoms with Crippen LogP contribution in [0.15, 0.2) is 35.4 Å². The summed E-state index contributed by atoms with van der Waals surface area (Å²) in [6.07, 6.45) is 2.00. The molecule has 1 aliphatic rings. The highest BCUT2D eigenvalue weighted by atomic mass is 32.2. The summed E-state index contributed by atoms with van der Waals surface area (Å²) >= 11 is 1.54. The fourth-order valence-corrected chi connectivity index (χ4v) is 4.32. The Morgan fingerprint density at radius 1 is 1.15 bits per heavy atom. The van der Waals surface area contributed by atoms with Crippen molar-refractivity contribution in [2.75, 3.05) is 45.1 Å². The van der Waals surface area contributed by atoms with E-state index < -0.39 is 0 Å². The summed E-state index contributed by atoms with van der Waals surface area (Å²) < 4.78 is 7.31. The number of likely N-dealkylation sites (N-methyl/N-ethyl adjacent to an activating group) is 1. The summed E-state index contributed by atoms with van der Waals surface area (Å²) in [4.78, 5) is 29.7. The summed E-state index contributed by atoms with van der Waals surface area (Å²) in [5, 5.41) is 1.09. The monoisotopic (exact) mass is 389 g/mol. The van der Waals surface area contributed by atoms with Gasteiger partial charge < -0.3 is 19.1 Å². The molecule has 2 amide bonds. The third kappa shape index (κ3) is 4.65. The van der Waals surface area contributed by atoms with Gasteiger partial charge in [-0.2, -0.15) is 0 Å². The Kier molecular flexibility index (Phi) is 6.79. The van der Waals surface area contributed by atoms with E-state index in [1.807, 2.05) is 52.6 Å². The largest absolute Gasteiger partial charge is 0.378 e. The van der Waals surface area contributed by atoms with Gasteiger partial charge in [0.05, 0.1) is 19.0 Å². The van der Waals surface area contributed by atoms with Crippen molar-refractivity contribution < 1.29 is 14.3 Å². The van der Waals surface area contributed by atoms with Crippen LogP contribution in [0.1, 0.15) is 13.8 Å². The SMILES string of the molecule is CCN(CC)C(=O)Cn1cc(SCC(=O)N2CCOCC2)c2ccccc21. The summed E-state index contributed by atoms with van der Waals surface area (Å²) in [7, 11) is 0. The molecule has 146 valence electrons. The van der Waals surface area contributed by atoms with Crippen LogP contribution in [0.4, 0.5) is 0 Å².